The summed E-state index contributed by atoms with van der Waals surface area (Å²) < 4.78 is 1.19. The Balaban J connectivity index is 1.61. The molecule has 0 amide bonds. The first-order valence-electron chi connectivity index (χ1n) is 9.11. The van der Waals surface area contributed by atoms with Gasteiger partial charge in [-0.15, -0.1) is 0 Å². The van der Waals surface area contributed by atoms with E-state index in [0.29, 0.717) is 0 Å². The molecule has 24 heavy (non-hydrogen) atoms. The van der Waals surface area contributed by atoms with Crippen molar-refractivity contribution in [2.24, 2.45) is 0 Å². The quantitative estimate of drug-likeness (QED) is 0.697. The van der Waals surface area contributed by atoms with Crippen LogP contribution in [-0.2, 0) is 0 Å². The third kappa shape index (κ3) is 2.96. The van der Waals surface area contributed by atoms with Crippen LogP contribution in [0.15, 0.2) is 58.3 Å². The topological polar surface area (TPSA) is 3.24 Å². The van der Waals surface area contributed by atoms with Gasteiger partial charge in [0.1, 0.15) is 0 Å². The summed E-state index contributed by atoms with van der Waals surface area (Å²) in [5, 5.41) is 0. The molecule has 0 aromatic heterocycles. The second-order valence-electron chi connectivity index (χ2n) is 7.63. The number of rotatable bonds is 3. The predicted molar refractivity (Wildman–Crippen MR) is 103 cm³/mol. The number of hydrogen-bond acceptors (Lipinski definition) is 2. The second-order valence-corrected chi connectivity index (χ2v) is 8.71. The molecule has 2 aromatic rings. The van der Waals surface area contributed by atoms with E-state index in [1.165, 1.54) is 57.9 Å². The van der Waals surface area contributed by atoms with Crippen molar-refractivity contribution in [3.63, 3.8) is 0 Å². The molecule has 2 aliphatic heterocycles. The number of likely N-dealkylation sites (tertiary alicyclic amines) is 1. The summed E-state index contributed by atoms with van der Waals surface area (Å²) in [7, 11) is 4.83. The molecule has 0 bridgehead atoms. The van der Waals surface area contributed by atoms with Gasteiger partial charge in [-0.3, -0.25) is 0 Å². The lowest BCUT2D eigenvalue weighted by molar-refractivity contribution is -0.920. The number of anilines is 2. The van der Waals surface area contributed by atoms with E-state index in [1.54, 1.807) is 0 Å². The van der Waals surface area contributed by atoms with Crippen LogP contribution in [0.5, 0.6) is 0 Å². The molecule has 2 aliphatic rings. The minimum atomic E-state index is 0.785. The maximum absolute atomic E-state index is 2.55. The number of para-hydroxylation sites is 2. The third-order valence-electron chi connectivity index (χ3n) is 5.73. The molecule has 0 aliphatic carbocycles. The summed E-state index contributed by atoms with van der Waals surface area (Å²) in [5.41, 5.74) is 2.75. The van der Waals surface area contributed by atoms with Crippen molar-refractivity contribution in [3.05, 3.63) is 48.5 Å². The Morgan fingerprint density at radius 1 is 0.958 bits per heavy atom. The van der Waals surface area contributed by atoms with Gasteiger partial charge < -0.3 is 9.38 Å². The van der Waals surface area contributed by atoms with Crippen LogP contribution in [0.3, 0.4) is 0 Å². The Morgan fingerprint density at radius 2 is 1.58 bits per heavy atom. The molecule has 0 saturated carbocycles. The van der Waals surface area contributed by atoms with Crippen molar-refractivity contribution in [2.45, 2.75) is 41.5 Å². The monoisotopic (exact) mass is 339 g/mol. The van der Waals surface area contributed by atoms with E-state index in [0.717, 1.165) is 12.6 Å². The Bertz CT molecular complexity index is 680. The highest BCUT2D eigenvalue weighted by Gasteiger charge is 2.32. The lowest BCUT2D eigenvalue weighted by Crippen LogP contribution is -2.52. The first-order valence-corrected chi connectivity index (χ1v) is 9.93. The molecule has 4 rings (SSSR count). The van der Waals surface area contributed by atoms with E-state index < -0.39 is 0 Å². The van der Waals surface area contributed by atoms with Gasteiger partial charge in [0.15, 0.2) is 0 Å². The summed E-state index contributed by atoms with van der Waals surface area (Å²) in [6.45, 7) is 2.44. The largest absolute Gasteiger partial charge is 0.339 e. The predicted octanol–water partition coefficient (Wildman–Crippen LogP) is 5.31. The van der Waals surface area contributed by atoms with Gasteiger partial charge in [-0.2, -0.15) is 0 Å². The molecule has 0 N–H and O–H groups in total. The SMILES string of the molecule is C[N+]1(C)CCCCC1CCN1c2ccccc2Sc2ccccc21. The van der Waals surface area contributed by atoms with Crippen LogP contribution in [-0.4, -0.2) is 37.7 Å². The Labute approximate surface area is 150 Å². The fraction of sp³-hybridized carbons (Fsp3) is 0.429. The van der Waals surface area contributed by atoms with Crippen molar-refractivity contribution in [3.8, 4) is 0 Å². The molecule has 2 nitrogen and oxygen atoms in total. The van der Waals surface area contributed by atoms with Gasteiger partial charge in [0.05, 0.1) is 38.1 Å². The van der Waals surface area contributed by atoms with Crippen LogP contribution >= 0.6 is 11.8 Å². The van der Waals surface area contributed by atoms with Crippen LogP contribution in [0.1, 0.15) is 25.7 Å². The standard InChI is InChI=1S/C21H27N2S/c1-23(2)16-8-7-9-17(23)14-15-22-18-10-3-5-12-20(18)24-21-13-6-4-11-19(21)22/h3-6,10-13,17H,7-9,14-16H2,1-2H3/q+1. The highest BCUT2D eigenvalue weighted by molar-refractivity contribution is 7.99. The number of fused-ring (bicyclic) bond motifs is 2. The zero-order chi connectivity index (χ0) is 16.6. The fourth-order valence-corrected chi connectivity index (χ4v) is 5.32. The minimum Gasteiger partial charge on any atom is -0.339 e. The van der Waals surface area contributed by atoms with Gasteiger partial charge in [-0.1, -0.05) is 36.0 Å². The summed E-state index contributed by atoms with van der Waals surface area (Å²) in [6.07, 6.45) is 5.42. The summed E-state index contributed by atoms with van der Waals surface area (Å²) in [6, 6.07) is 18.5. The van der Waals surface area contributed by atoms with Gasteiger partial charge in [0.25, 0.3) is 0 Å². The van der Waals surface area contributed by atoms with Gasteiger partial charge in [0, 0.05) is 22.8 Å². The van der Waals surface area contributed by atoms with Crippen LogP contribution in [0.4, 0.5) is 11.4 Å². The van der Waals surface area contributed by atoms with Gasteiger partial charge >= 0.3 is 0 Å². The first kappa shape index (κ1) is 16.0. The summed E-state index contributed by atoms with van der Waals surface area (Å²) in [5.74, 6) is 0. The van der Waals surface area contributed by atoms with Gasteiger partial charge in [-0.25, -0.2) is 0 Å². The maximum Gasteiger partial charge on any atom is 0.0903 e. The van der Waals surface area contributed by atoms with Crippen LogP contribution in [0.25, 0.3) is 0 Å². The van der Waals surface area contributed by atoms with E-state index >= 15 is 0 Å². The summed E-state index contributed by atoms with van der Waals surface area (Å²) in [4.78, 5) is 5.32. The van der Waals surface area contributed by atoms with Crippen LogP contribution < -0.4 is 4.90 Å². The number of quaternary nitrogens is 1. The number of benzene rings is 2. The van der Waals surface area contributed by atoms with Gasteiger partial charge in [-0.05, 0) is 43.5 Å². The van der Waals surface area contributed by atoms with E-state index in [2.05, 4.69) is 67.5 Å². The lowest BCUT2D eigenvalue weighted by atomic mass is 9.97. The van der Waals surface area contributed by atoms with Crippen molar-refractivity contribution >= 4 is 23.1 Å². The number of piperidine rings is 1. The number of hydrogen-bond donors (Lipinski definition) is 0. The maximum atomic E-state index is 2.55. The van der Waals surface area contributed by atoms with E-state index in [1.807, 2.05) is 11.8 Å². The van der Waals surface area contributed by atoms with Crippen molar-refractivity contribution in [1.82, 2.24) is 0 Å². The molecule has 1 fully saturated rings. The molecule has 2 heterocycles. The molecule has 0 spiro atoms. The molecule has 3 heteroatoms. The fourth-order valence-electron chi connectivity index (χ4n) is 4.23. The van der Waals surface area contributed by atoms with Crippen molar-refractivity contribution in [2.75, 3.05) is 32.1 Å². The molecule has 1 saturated heterocycles. The minimum absolute atomic E-state index is 0.785. The molecule has 0 radical (unpaired) electrons. The van der Waals surface area contributed by atoms with E-state index in [-0.39, 0.29) is 0 Å². The first-order chi connectivity index (χ1) is 11.6. The Kier molecular flexibility index (Phi) is 4.31. The Morgan fingerprint density at radius 3 is 2.21 bits per heavy atom. The molecule has 2 aromatic carbocycles. The zero-order valence-corrected chi connectivity index (χ0v) is 15.6. The molecule has 1 unspecified atom stereocenters. The van der Waals surface area contributed by atoms with E-state index in [9.17, 15) is 0 Å². The highest BCUT2D eigenvalue weighted by atomic mass is 32.2. The molecular weight excluding hydrogens is 312 g/mol. The van der Waals surface area contributed by atoms with Crippen molar-refractivity contribution in [1.29, 1.82) is 0 Å². The molecule has 126 valence electrons. The Hall–Kier alpha value is -1.45. The zero-order valence-electron chi connectivity index (χ0n) is 14.7. The second kappa shape index (κ2) is 6.45. The summed E-state index contributed by atoms with van der Waals surface area (Å²) >= 11 is 1.90. The van der Waals surface area contributed by atoms with Crippen molar-refractivity contribution < 1.29 is 4.48 Å². The average molecular weight is 340 g/mol. The molecular formula is C21H27N2S+. The number of nitrogens with zero attached hydrogens (tertiary/aromatic N) is 2. The van der Waals surface area contributed by atoms with E-state index in [4.69, 9.17) is 0 Å². The molecule has 1 atom stereocenters. The third-order valence-corrected chi connectivity index (χ3v) is 6.86. The normalized spacial score (nSPS) is 21.9. The smallest absolute Gasteiger partial charge is 0.0903 e. The van der Waals surface area contributed by atoms with Crippen LogP contribution in [0.2, 0.25) is 0 Å². The van der Waals surface area contributed by atoms with Gasteiger partial charge in [0.2, 0.25) is 0 Å². The lowest BCUT2D eigenvalue weighted by Gasteiger charge is -2.43. The van der Waals surface area contributed by atoms with Crippen LogP contribution in [0, 0.1) is 0 Å². The average Bonchev–Trinajstić information content (AvgIpc) is 2.59. The highest BCUT2D eigenvalue weighted by Crippen LogP contribution is 2.48.